The molecule has 0 amide bonds. The van der Waals surface area contributed by atoms with E-state index in [1.165, 1.54) is 0 Å². The van der Waals surface area contributed by atoms with Gasteiger partial charge < -0.3 is 15.8 Å². The number of nitriles is 1. The number of carbonyl (C=O) groups is 1. The van der Waals surface area contributed by atoms with Crippen LogP contribution in [0.4, 0.5) is 16.4 Å². The Morgan fingerprint density at radius 1 is 1.00 bits per heavy atom. The summed E-state index contributed by atoms with van der Waals surface area (Å²) < 4.78 is 5.79. The Bertz CT molecular complexity index is 1280. The van der Waals surface area contributed by atoms with Crippen LogP contribution in [-0.2, 0) is 0 Å². The van der Waals surface area contributed by atoms with Crippen LogP contribution < -0.4 is 15.8 Å². The smallest absolute Gasteiger partial charge is 0.205 e. The second kappa shape index (κ2) is 8.92. The summed E-state index contributed by atoms with van der Waals surface area (Å²) in [6, 6.07) is 25.5. The van der Waals surface area contributed by atoms with Gasteiger partial charge in [0.1, 0.15) is 33.0 Å². The zero-order chi connectivity index (χ0) is 21.8. The first-order chi connectivity index (χ1) is 15.0. The number of para-hydroxylation sites is 1. The van der Waals surface area contributed by atoms with E-state index < -0.39 is 0 Å². The number of nitrogens with one attached hydrogen (secondary N) is 1. The molecule has 1 heterocycles. The average Bonchev–Trinajstić information content (AvgIpc) is 3.10. The van der Waals surface area contributed by atoms with Gasteiger partial charge in [-0.25, -0.2) is 0 Å². The zero-order valence-corrected chi connectivity index (χ0v) is 17.7. The van der Waals surface area contributed by atoms with Crippen molar-refractivity contribution in [2.45, 2.75) is 0 Å². The summed E-state index contributed by atoms with van der Waals surface area (Å²) in [5.41, 5.74) is 7.67. The lowest BCUT2D eigenvalue weighted by Gasteiger charge is -2.08. The molecule has 0 aliphatic rings. The van der Waals surface area contributed by atoms with Gasteiger partial charge in [0.2, 0.25) is 5.78 Å². The Hall–Kier alpha value is -3.79. The first kappa shape index (κ1) is 20.5. The fraction of sp³-hybridized carbons (Fsp3) is 0. The van der Waals surface area contributed by atoms with Crippen LogP contribution >= 0.6 is 22.9 Å². The van der Waals surface area contributed by atoms with E-state index in [-0.39, 0.29) is 17.0 Å². The summed E-state index contributed by atoms with van der Waals surface area (Å²) in [6.45, 7) is 0. The van der Waals surface area contributed by atoms with Gasteiger partial charge in [-0.05, 0) is 48.5 Å². The highest BCUT2D eigenvalue weighted by Crippen LogP contribution is 2.38. The molecule has 0 radical (unpaired) electrons. The summed E-state index contributed by atoms with van der Waals surface area (Å²) >= 11 is 7.13. The standard InChI is InChI=1S/C24H16ClN3O2S/c25-16-6-4-5-15(13-16)22(29)23-21(27)20(14-26)24(31-23)28-17-9-11-19(12-10-17)30-18-7-2-1-3-8-18/h1-13,28H,27H2. The van der Waals surface area contributed by atoms with Crippen molar-refractivity contribution >= 4 is 45.1 Å². The Labute approximate surface area is 188 Å². The molecular formula is C24H16ClN3O2S. The number of benzene rings is 3. The van der Waals surface area contributed by atoms with Crippen LogP contribution in [0.1, 0.15) is 20.8 Å². The zero-order valence-electron chi connectivity index (χ0n) is 16.1. The van der Waals surface area contributed by atoms with Crippen molar-refractivity contribution in [1.82, 2.24) is 0 Å². The summed E-state index contributed by atoms with van der Waals surface area (Å²) in [5, 5.41) is 13.7. The molecule has 0 spiro atoms. The van der Waals surface area contributed by atoms with E-state index in [0.29, 0.717) is 26.2 Å². The Kier molecular flexibility index (Phi) is 5.89. The lowest BCUT2D eigenvalue weighted by molar-refractivity contribution is 0.104. The highest BCUT2D eigenvalue weighted by molar-refractivity contribution is 7.19. The average molecular weight is 446 g/mol. The molecule has 4 aromatic rings. The minimum Gasteiger partial charge on any atom is -0.457 e. The van der Waals surface area contributed by atoms with Crippen molar-refractivity contribution in [1.29, 1.82) is 5.26 Å². The highest BCUT2D eigenvalue weighted by Gasteiger charge is 2.22. The quantitative estimate of drug-likeness (QED) is 0.325. The molecule has 0 saturated carbocycles. The number of nitrogens with zero attached hydrogens (tertiary/aromatic N) is 1. The van der Waals surface area contributed by atoms with E-state index in [1.807, 2.05) is 54.6 Å². The number of nitrogen functional groups attached to an aromatic ring is 1. The van der Waals surface area contributed by atoms with Gasteiger partial charge >= 0.3 is 0 Å². The van der Waals surface area contributed by atoms with Crippen LogP contribution in [0.15, 0.2) is 78.9 Å². The molecule has 0 aliphatic carbocycles. The third-order valence-corrected chi connectivity index (χ3v) is 5.80. The number of nitrogens with two attached hydrogens (primary N) is 1. The topological polar surface area (TPSA) is 88.1 Å². The van der Waals surface area contributed by atoms with Crippen molar-refractivity contribution in [3.8, 4) is 17.6 Å². The largest absolute Gasteiger partial charge is 0.457 e. The lowest BCUT2D eigenvalue weighted by atomic mass is 10.1. The molecular weight excluding hydrogens is 430 g/mol. The van der Waals surface area contributed by atoms with Gasteiger partial charge in [0.05, 0.1) is 5.69 Å². The fourth-order valence-corrected chi connectivity index (χ4v) is 4.18. The maximum Gasteiger partial charge on any atom is 0.205 e. The Balaban J connectivity index is 1.57. The summed E-state index contributed by atoms with van der Waals surface area (Å²) in [6.07, 6.45) is 0. The minimum atomic E-state index is -0.277. The summed E-state index contributed by atoms with van der Waals surface area (Å²) in [5.74, 6) is 1.14. The number of halogens is 1. The van der Waals surface area contributed by atoms with Gasteiger partial charge in [0.25, 0.3) is 0 Å². The fourth-order valence-electron chi connectivity index (χ4n) is 2.93. The van der Waals surface area contributed by atoms with Crippen LogP contribution in [0.2, 0.25) is 5.02 Å². The van der Waals surface area contributed by atoms with Gasteiger partial charge in [-0.1, -0.05) is 41.9 Å². The van der Waals surface area contributed by atoms with Crippen LogP contribution in [0.3, 0.4) is 0 Å². The molecule has 0 atom stereocenters. The van der Waals surface area contributed by atoms with E-state index in [9.17, 15) is 10.1 Å². The summed E-state index contributed by atoms with van der Waals surface area (Å²) in [4.78, 5) is 13.2. The van der Waals surface area contributed by atoms with Crippen LogP contribution in [0.25, 0.3) is 0 Å². The monoisotopic (exact) mass is 445 g/mol. The van der Waals surface area contributed by atoms with Crippen molar-refractivity contribution in [2.24, 2.45) is 0 Å². The second-order valence-electron chi connectivity index (χ2n) is 6.56. The van der Waals surface area contributed by atoms with Gasteiger partial charge in [-0.3, -0.25) is 4.79 Å². The third-order valence-electron chi connectivity index (χ3n) is 4.44. The Morgan fingerprint density at radius 3 is 2.39 bits per heavy atom. The first-order valence-electron chi connectivity index (χ1n) is 9.28. The van der Waals surface area contributed by atoms with Gasteiger partial charge in [-0.2, -0.15) is 5.26 Å². The lowest BCUT2D eigenvalue weighted by Crippen LogP contribution is -2.02. The molecule has 5 nitrogen and oxygen atoms in total. The van der Waals surface area contributed by atoms with Crippen LogP contribution in [-0.4, -0.2) is 5.78 Å². The van der Waals surface area contributed by atoms with Crippen LogP contribution in [0.5, 0.6) is 11.5 Å². The molecule has 31 heavy (non-hydrogen) atoms. The van der Waals surface area contributed by atoms with Gasteiger partial charge in [0.15, 0.2) is 0 Å². The SMILES string of the molecule is N#Cc1c(Nc2ccc(Oc3ccccc3)cc2)sc(C(=O)c2cccc(Cl)c2)c1N. The van der Waals surface area contributed by atoms with Crippen molar-refractivity contribution < 1.29 is 9.53 Å². The van der Waals surface area contributed by atoms with E-state index in [2.05, 4.69) is 11.4 Å². The molecule has 152 valence electrons. The number of ether oxygens (including phenoxy) is 1. The predicted octanol–water partition coefficient (Wildman–Crippen LogP) is 6.62. The van der Waals surface area contributed by atoms with Gasteiger partial charge in [0, 0.05) is 16.3 Å². The first-order valence-corrected chi connectivity index (χ1v) is 10.5. The second-order valence-corrected chi connectivity index (χ2v) is 8.02. The molecule has 1 aromatic heterocycles. The molecule has 0 bridgehead atoms. The number of anilines is 3. The maximum atomic E-state index is 12.9. The molecule has 7 heteroatoms. The van der Waals surface area contributed by atoms with Crippen molar-refractivity contribution in [2.75, 3.05) is 11.1 Å². The number of ketones is 1. The van der Waals surface area contributed by atoms with Crippen LogP contribution in [0, 0.1) is 11.3 Å². The molecule has 4 rings (SSSR count). The molecule has 0 fully saturated rings. The van der Waals surface area contributed by atoms with E-state index in [1.54, 1.807) is 24.3 Å². The molecule has 3 N–H and O–H groups in total. The molecule has 0 unspecified atom stereocenters. The maximum absolute atomic E-state index is 12.9. The molecule has 3 aromatic carbocycles. The number of thiophene rings is 1. The van der Waals surface area contributed by atoms with E-state index >= 15 is 0 Å². The number of rotatable bonds is 6. The normalized spacial score (nSPS) is 10.3. The number of hydrogen-bond donors (Lipinski definition) is 2. The summed E-state index contributed by atoms with van der Waals surface area (Å²) in [7, 11) is 0. The predicted molar refractivity (Wildman–Crippen MR) is 125 cm³/mol. The van der Waals surface area contributed by atoms with E-state index in [0.717, 1.165) is 22.8 Å². The molecule has 0 saturated heterocycles. The minimum absolute atomic E-state index is 0.156. The third kappa shape index (κ3) is 4.53. The number of hydrogen-bond acceptors (Lipinski definition) is 6. The van der Waals surface area contributed by atoms with Crippen molar-refractivity contribution in [3.05, 3.63) is 99.9 Å². The van der Waals surface area contributed by atoms with Gasteiger partial charge in [-0.15, -0.1) is 11.3 Å². The number of carbonyl (C=O) groups excluding carboxylic acids is 1. The Morgan fingerprint density at radius 2 is 1.71 bits per heavy atom. The molecule has 0 aliphatic heterocycles. The van der Waals surface area contributed by atoms with E-state index in [4.69, 9.17) is 22.1 Å². The highest BCUT2D eigenvalue weighted by atomic mass is 35.5. The van der Waals surface area contributed by atoms with Crippen molar-refractivity contribution in [3.63, 3.8) is 0 Å².